The van der Waals surface area contributed by atoms with Gasteiger partial charge in [-0.15, -0.1) is 0 Å². The highest BCUT2D eigenvalue weighted by atomic mass is 15.1. The molecule has 0 radical (unpaired) electrons. The molecule has 1 rings (SSSR count). The van der Waals surface area contributed by atoms with Crippen LogP contribution in [0.15, 0.2) is 0 Å². The summed E-state index contributed by atoms with van der Waals surface area (Å²) in [6.07, 6.45) is 0. The predicted molar refractivity (Wildman–Crippen MR) is 54.7 cm³/mol. The molecule has 0 saturated heterocycles. The molecule has 0 bridgehead atoms. The lowest BCUT2D eigenvalue weighted by Crippen LogP contribution is -2.27. The Morgan fingerprint density at radius 2 is 2.07 bits per heavy atom. The first kappa shape index (κ1) is 10.7. The Bertz CT molecular complexity index is 326. The molecule has 1 aromatic heterocycles. The monoisotopic (exact) mass is 192 g/mol. The van der Waals surface area contributed by atoms with Crippen LogP contribution in [0.3, 0.4) is 0 Å². The maximum atomic E-state index is 9.04. The molecule has 0 aliphatic heterocycles. The number of H-pyrrole nitrogens is 1. The first-order valence-electron chi connectivity index (χ1n) is 4.73. The minimum absolute atomic E-state index is 0.270. The van der Waals surface area contributed by atoms with Gasteiger partial charge in [-0.3, -0.25) is 10.4 Å². The lowest BCUT2D eigenvalue weighted by atomic mass is 10.1. The first-order valence-corrected chi connectivity index (χ1v) is 4.73. The van der Waals surface area contributed by atoms with Crippen LogP contribution in [0.5, 0.6) is 0 Å². The van der Waals surface area contributed by atoms with Crippen molar-refractivity contribution in [1.82, 2.24) is 15.5 Å². The molecule has 0 saturated carbocycles. The first-order chi connectivity index (χ1) is 6.56. The van der Waals surface area contributed by atoms with Gasteiger partial charge < -0.3 is 0 Å². The average molecular weight is 192 g/mol. The molecule has 0 aliphatic rings. The largest absolute Gasteiger partial charge is 0.296 e. The molecule has 0 aliphatic carbocycles. The van der Waals surface area contributed by atoms with Crippen LogP contribution in [0.4, 0.5) is 0 Å². The number of aromatic amines is 1. The van der Waals surface area contributed by atoms with Gasteiger partial charge in [0.1, 0.15) is 6.04 Å². The summed E-state index contributed by atoms with van der Waals surface area (Å²) in [6, 6.07) is 2.26. The number of nitrogens with zero attached hydrogens (tertiary/aromatic N) is 2. The quantitative estimate of drug-likeness (QED) is 0.764. The van der Waals surface area contributed by atoms with Crippen LogP contribution in [0.2, 0.25) is 0 Å². The summed E-state index contributed by atoms with van der Waals surface area (Å²) in [5, 5.41) is 19.2. The summed E-state index contributed by atoms with van der Waals surface area (Å²) < 4.78 is 0. The molecule has 1 atom stereocenters. The van der Waals surface area contributed by atoms with Crippen molar-refractivity contribution in [1.29, 1.82) is 5.26 Å². The van der Waals surface area contributed by atoms with Crippen LogP contribution in [0.25, 0.3) is 0 Å². The van der Waals surface area contributed by atoms with Gasteiger partial charge in [-0.2, -0.15) is 10.4 Å². The van der Waals surface area contributed by atoms with Gasteiger partial charge >= 0.3 is 0 Å². The van der Waals surface area contributed by atoms with E-state index >= 15 is 0 Å². The van der Waals surface area contributed by atoms with E-state index in [4.69, 9.17) is 5.26 Å². The highest BCUT2D eigenvalue weighted by Crippen LogP contribution is 2.19. The number of nitrogens with one attached hydrogen (secondary N) is 2. The Labute approximate surface area is 84.3 Å². The number of nitriles is 1. The van der Waals surface area contributed by atoms with Crippen molar-refractivity contribution in [2.75, 3.05) is 0 Å². The molecule has 2 N–H and O–H groups in total. The van der Waals surface area contributed by atoms with Crippen LogP contribution in [-0.4, -0.2) is 16.2 Å². The second-order valence-corrected chi connectivity index (χ2v) is 3.73. The lowest BCUT2D eigenvalue weighted by molar-refractivity contribution is 0.543. The molecule has 0 fully saturated rings. The zero-order chi connectivity index (χ0) is 10.7. The summed E-state index contributed by atoms with van der Waals surface area (Å²) in [5.41, 5.74) is 2.82. The van der Waals surface area contributed by atoms with Gasteiger partial charge in [0.15, 0.2) is 0 Å². The van der Waals surface area contributed by atoms with E-state index in [1.807, 2.05) is 27.7 Å². The van der Waals surface area contributed by atoms with Crippen LogP contribution in [0.1, 0.15) is 36.8 Å². The second-order valence-electron chi connectivity index (χ2n) is 3.73. The van der Waals surface area contributed by atoms with Gasteiger partial charge in [0.2, 0.25) is 0 Å². The van der Waals surface area contributed by atoms with Crippen molar-refractivity contribution in [2.24, 2.45) is 0 Å². The highest BCUT2D eigenvalue weighted by Gasteiger charge is 2.18. The zero-order valence-electron chi connectivity index (χ0n) is 9.05. The van der Waals surface area contributed by atoms with Crippen molar-refractivity contribution in [2.45, 2.75) is 39.8 Å². The van der Waals surface area contributed by atoms with Crippen molar-refractivity contribution in [3.05, 3.63) is 17.0 Å². The summed E-state index contributed by atoms with van der Waals surface area (Å²) in [4.78, 5) is 0. The van der Waals surface area contributed by atoms with Crippen molar-refractivity contribution in [3.63, 3.8) is 0 Å². The second kappa shape index (κ2) is 4.25. The number of rotatable bonds is 3. The summed E-state index contributed by atoms with van der Waals surface area (Å²) >= 11 is 0. The SMILES string of the molecule is Cc1n[nH]c(C)c1C(C#N)NC(C)C. The third-order valence-corrected chi connectivity index (χ3v) is 2.10. The van der Waals surface area contributed by atoms with Crippen LogP contribution < -0.4 is 5.32 Å². The minimum Gasteiger partial charge on any atom is -0.296 e. The molecule has 1 aromatic rings. The fourth-order valence-electron chi connectivity index (χ4n) is 1.50. The van der Waals surface area contributed by atoms with Crippen molar-refractivity contribution >= 4 is 0 Å². The molecule has 1 unspecified atom stereocenters. The van der Waals surface area contributed by atoms with Crippen molar-refractivity contribution in [3.8, 4) is 6.07 Å². The van der Waals surface area contributed by atoms with Crippen LogP contribution in [0, 0.1) is 25.2 Å². The lowest BCUT2D eigenvalue weighted by Gasteiger charge is -2.14. The van der Waals surface area contributed by atoms with E-state index in [9.17, 15) is 0 Å². The summed E-state index contributed by atoms with van der Waals surface area (Å²) in [7, 11) is 0. The van der Waals surface area contributed by atoms with Gasteiger partial charge in [-0.05, 0) is 27.7 Å². The molecule has 0 spiro atoms. The maximum absolute atomic E-state index is 9.04. The van der Waals surface area contributed by atoms with E-state index in [1.54, 1.807) is 0 Å². The predicted octanol–water partition coefficient (Wildman–Crippen LogP) is 1.59. The zero-order valence-corrected chi connectivity index (χ0v) is 9.05. The van der Waals surface area contributed by atoms with E-state index < -0.39 is 0 Å². The molecule has 0 amide bonds. The Hall–Kier alpha value is -1.34. The smallest absolute Gasteiger partial charge is 0.125 e. The van der Waals surface area contributed by atoms with E-state index in [1.165, 1.54) is 0 Å². The third-order valence-electron chi connectivity index (χ3n) is 2.10. The third kappa shape index (κ3) is 2.12. The number of hydrogen-bond donors (Lipinski definition) is 2. The normalized spacial score (nSPS) is 12.9. The number of aromatic nitrogens is 2. The van der Waals surface area contributed by atoms with Gasteiger partial charge in [-0.1, -0.05) is 0 Å². The van der Waals surface area contributed by atoms with Gasteiger partial charge in [0.25, 0.3) is 0 Å². The topological polar surface area (TPSA) is 64.5 Å². The molecule has 76 valence electrons. The minimum atomic E-state index is -0.270. The molecule has 0 aromatic carbocycles. The molecular weight excluding hydrogens is 176 g/mol. The van der Waals surface area contributed by atoms with Crippen LogP contribution in [-0.2, 0) is 0 Å². The van der Waals surface area contributed by atoms with Gasteiger partial charge in [0, 0.05) is 17.3 Å². The molecule has 1 heterocycles. The fourth-order valence-corrected chi connectivity index (χ4v) is 1.50. The van der Waals surface area contributed by atoms with Crippen LogP contribution >= 0.6 is 0 Å². The Morgan fingerprint density at radius 1 is 1.43 bits per heavy atom. The van der Waals surface area contributed by atoms with Gasteiger partial charge in [-0.25, -0.2) is 0 Å². The summed E-state index contributed by atoms with van der Waals surface area (Å²) in [6.45, 7) is 7.89. The van der Waals surface area contributed by atoms with E-state index in [0.29, 0.717) is 0 Å². The molecular formula is C10H16N4. The van der Waals surface area contributed by atoms with E-state index in [2.05, 4.69) is 21.6 Å². The molecule has 14 heavy (non-hydrogen) atoms. The standard InChI is InChI=1S/C10H16N4/c1-6(2)12-9(5-11)10-7(3)13-14-8(10)4/h6,9,12H,1-4H3,(H,13,14). The maximum Gasteiger partial charge on any atom is 0.125 e. The Balaban J connectivity index is 2.96. The fraction of sp³-hybridized carbons (Fsp3) is 0.600. The molecule has 4 heteroatoms. The van der Waals surface area contributed by atoms with E-state index in [-0.39, 0.29) is 12.1 Å². The van der Waals surface area contributed by atoms with E-state index in [0.717, 1.165) is 17.0 Å². The number of hydrogen-bond acceptors (Lipinski definition) is 3. The van der Waals surface area contributed by atoms with Crippen molar-refractivity contribution < 1.29 is 0 Å². The highest BCUT2D eigenvalue weighted by molar-refractivity contribution is 5.31. The average Bonchev–Trinajstić information content (AvgIpc) is 2.43. The number of aryl methyl sites for hydroxylation is 2. The Morgan fingerprint density at radius 3 is 2.43 bits per heavy atom. The summed E-state index contributed by atoms with van der Waals surface area (Å²) in [5.74, 6) is 0. The molecule has 4 nitrogen and oxygen atoms in total. The van der Waals surface area contributed by atoms with Gasteiger partial charge in [0.05, 0.1) is 11.8 Å². The Kier molecular flexibility index (Phi) is 3.26.